The Morgan fingerprint density at radius 1 is 1.29 bits per heavy atom. The van der Waals surface area contributed by atoms with E-state index < -0.39 is 0 Å². The van der Waals surface area contributed by atoms with Gasteiger partial charge in [-0.3, -0.25) is 4.99 Å². The number of hydrogen-bond donors (Lipinski definition) is 2. The molecule has 0 aromatic heterocycles. The van der Waals surface area contributed by atoms with Crippen LogP contribution in [0.2, 0.25) is 0 Å². The quantitative estimate of drug-likeness (QED) is 0.840. The van der Waals surface area contributed by atoms with Gasteiger partial charge in [0.15, 0.2) is 0 Å². The van der Waals surface area contributed by atoms with Crippen LogP contribution in [0.3, 0.4) is 0 Å². The zero-order valence-electron chi connectivity index (χ0n) is 14.2. The number of allylic oxidation sites excluding steroid dienone is 2. The Morgan fingerprint density at radius 3 is 2.83 bits per heavy atom. The highest BCUT2D eigenvalue weighted by atomic mass is 15.5. The van der Waals surface area contributed by atoms with E-state index in [1.165, 1.54) is 0 Å². The summed E-state index contributed by atoms with van der Waals surface area (Å²) in [6.07, 6.45) is 8.16. The Balaban J connectivity index is 1.71. The van der Waals surface area contributed by atoms with Crippen molar-refractivity contribution in [3.8, 4) is 11.8 Å². The van der Waals surface area contributed by atoms with Crippen LogP contribution in [0.25, 0.3) is 0 Å². The van der Waals surface area contributed by atoms with Crippen molar-refractivity contribution in [3.63, 3.8) is 0 Å². The minimum Gasteiger partial charge on any atom is -0.354 e. The highest BCUT2D eigenvalue weighted by molar-refractivity contribution is 5.63. The molecule has 1 aromatic carbocycles. The van der Waals surface area contributed by atoms with Crippen molar-refractivity contribution < 1.29 is 0 Å². The average Bonchev–Trinajstić information content (AvgIpc) is 3.02. The number of aliphatic imine (C=N–C) groups is 1. The summed E-state index contributed by atoms with van der Waals surface area (Å²) in [6, 6.07) is 6.15. The van der Waals surface area contributed by atoms with Gasteiger partial charge in [-0.2, -0.15) is 0 Å². The lowest BCUT2D eigenvalue weighted by Gasteiger charge is -2.20. The Hall–Kier alpha value is -2.77. The predicted octanol–water partition coefficient (Wildman–Crippen LogP) is 3.35. The summed E-state index contributed by atoms with van der Waals surface area (Å²) in [5, 5.41) is 5.36. The normalized spacial score (nSPS) is 16.2. The molecule has 0 atom stereocenters. The van der Waals surface area contributed by atoms with E-state index in [4.69, 9.17) is 0 Å². The van der Waals surface area contributed by atoms with Crippen LogP contribution in [0.4, 0.5) is 5.69 Å². The molecular formula is C20H22N4. The number of anilines is 1. The maximum absolute atomic E-state index is 4.30. The van der Waals surface area contributed by atoms with Crippen molar-refractivity contribution in [2.24, 2.45) is 4.99 Å². The van der Waals surface area contributed by atoms with Crippen LogP contribution in [0.1, 0.15) is 24.0 Å². The maximum atomic E-state index is 4.30. The number of likely N-dealkylation sites (N-methyl/N-ethyl adjacent to an activating group) is 1. The Morgan fingerprint density at radius 2 is 2.17 bits per heavy atom. The van der Waals surface area contributed by atoms with Gasteiger partial charge in [0, 0.05) is 31.1 Å². The van der Waals surface area contributed by atoms with E-state index in [2.05, 4.69) is 59.3 Å². The summed E-state index contributed by atoms with van der Waals surface area (Å²) in [6.45, 7) is 7.04. The largest absolute Gasteiger partial charge is 0.354 e. The molecule has 4 nitrogen and oxygen atoms in total. The van der Waals surface area contributed by atoms with Gasteiger partial charge in [0.05, 0.1) is 11.4 Å². The molecule has 24 heavy (non-hydrogen) atoms. The van der Waals surface area contributed by atoms with Gasteiger partial charge in [0.2, 0.25) is 0 Å². The summed E-state index contributed by atoms with van der Waals surface area (Å²) < 4.78 is 0. The van der Waals surface area contributed by atoms with E-state index in [0.29, 0.717) is 0 Å². The lowest BCUT2D eigenvalue weighted by atomic mass is 10.1. The molecule has 0 bridgehead atoms. The number of hydrazine groups is 1. The third-order valence-electron chi connectivity index (χ3n) is 4.01. The second-order valence-electron chi connectivity index (χ2n) is 5.87. The van der Waals surface area contributed by atoms with Crippen LogP contribution in [0.5, 0.6) is 0 Å². The Labute approximate surface area is 143 Å². The van der Waals surface area contributed by atoms with Gasteiger partial charge in [-0.05, 0) is 61.6 Å². The van der Waals surface area contributed by atoms with Crippen molar-refractivity contribution >= 4 is 11.9 Å². The number of rotatable bonds is 3. The number of aryl methyl sites for hydroxylation is 1. The first kappa shape index (κ1) is 16.1. The van der Waals surface area contributed by atoms with Gasteiger partial charge in [-0.15, -0.1) is 0 Å². The number of hydrogen-bond acceptors (Lipinski definition) is 4. The van der Waals surface area contributed by atoms with Crippen LogP contribution in [-0.4, -0.2) is 24.8 Å². The summed E-state index contributed by atoms with van der Waals surface area (Å²) in [5.41, 5.74) is 9.19. The van der Waals surface area contributed by atoms with Gasteiger partial charge in [-0.25, -0.2) is 5.43 Å². The topological polar surface area (TPSA) is 39.7 Å². The van der Waals surface area contributed by atoms with Crippen molar-refractivity contribution in [1.82, 2.24) is 10.4 Å². The van der Waals surface area contributed by atoms with Crippen molar-refractivity contribution in [2.75, 3.05) is 18.9 Å². The molecule has 0 spiro atoms. The summed E-state index contributed by atoms with van der Waals surface area (Å²) in [5.74, 6) is 6.31. The van der Waals surface area contributed by atoms with Gasteiger partial charge in [-0.1, -0.05) is 12.5 Å². The lowest BCUT2D eigenvalue weighted by molar-refractivity contribution is 0.351. The minimum atomic E-state index is 0.832. The first-order valence-corrected chi connectivity index (χ1v) is 8.12. The molecule has 0 aliphatic carbocycles. The van der Waals surface area contributed by atoms with Crippen LogP contribution in [-0.2, 0) is 0 Å². The highest BCUT2D eigenvalue weighted by Gasteiger charge is 2.13. The molecule has 2 aliphatic heterocycles. The van der Waals surface area contributed by atoms with E-state index in [9.17, 15) is 0 Å². The van der Waals surface area contributed by atoms with Gasteiger partial charge < -0.3 is 10.3 Å². The zero-order valence-corrected chi connectivity index (χ0v) is 14.2. The number of benzene rings is 1. The summed E-state index contributed by atoms with van der Waals surface area (Å²) in [7, 11) is 1.99. The molecule has 2 N–H and O–H groups in total. The van der Waals surface area contributed by atoms with Crippen molar-refractivity contribution in [2.45, 2.75) is 19.8 Å². The Kier molecular flexibility index (Phi) is 4.83. The first-order valence-electron chi connectivity index (χ1n) is 8.12. The van der Waals surface area contributed by atoms with Crippen molar-refractivity contribution in [3.05, 3.63) is 65.1 Å². The smallest absolute Gasteiger partial charge is 0.109 e. The molecule has 0 saturated heterocycles. The minimum absolute atomic E-state index is 0.832. The lowest BCUT2D eigenvalue weighted by Crippen LogP contribution is -2.28. The molecule has 4 heteroatoms. The molecule has 2 heterocycles. The third-order valence-corrected chi connectivity index (χ3v) is 4.01. The van der Waals surface area contributed by atoms with E-state index in [0.717, 1.165) is 53.3 Å². The maximum Gasteiger partial charge on any atom is 0.109 e. The fourth-order valence-electron chi connectivity index (χ4n) is 2.66. The molecule has 2 aliphatic rings. The predicted molar refractivity (Wildman–Crippen MR) is 100 cm³/mol. The fraction of sp³-hybridized carbons (Fsp3) is 0.250. The number of nitrogens with one attached hydrogen (secondary N) is 2. The second kappa shape index (κ2) is 7.20. The molecule has 0 unspecified atom stereocenters. The SMILES string of the molecule is C=C(Nc1ccc(C#CC2=CCCC=N2)cc1C)C1=CCNN1C. The van der Waals surface area contributed by atoms with E-state index in [1.807, 2.05) is 30.4 Å². The molecule has 0 radical (unpaired) electrons. The molecule has 0 amide bonds. The van der Waals surface area contributed by atoms with Crippen LogP contribution >= 0.6 is 0 Å². The summed E-state index contributed by atoms with van der Waals surface area (Å²) >= 11 is 0. The molecule has 0 fully saturated rings. The first-order chi connectivity index (χ1) is 11.6. The van der Waals surface area contributed by atoms with Crippen LogP contribution in [0, 0.1) is 18.8 Å². The van der Waals surface area contributed by atoms with Crippen LogP contribution in [0.15, 0.2) is 59.0 Å². The molecule has 0 saturated carbocycles. The second-order valence-corrected chi connectivity index (χ2v) is 5.87. The van der Waals surface area contributed by atoms with Gasteiger partial charge in [0.1, 0.15) is 5.70 Å². The molecule has 3 rings (SSSR count). The highest BCUT2D eigenvalue weighted by Crippen LogP contribution is 2.22. The fourth-order valence-corrected chi connectivity index (χ4v) is 2.66. The molecule has 1 aromatic rings. The zero-order chi connectivity index (χ0) is 16.9. The van der Waals surface area contributed by atoms with Gasteiger partial charge in [0.25, 0.3) is 0 Å². The van der Waals surface area contributed by atoms with Gasteiger partial charge >= 0.3 is 0 Å². The number of nitrogens with zero attached hydrogens (tertiary/aromatic N) is 2. The van der Waals surface area contributed by atoms with E-state index in [-0.39, 0.29) is 0 Å². The van der Waals surface area contributed by atoms with E-state index in [1.54, 1.807) is 0 Å². The van der Waals surface area contributed by atoms with Crippen molar-refractivity contribution in [1.29, 1.82) is 0 Å². The van der Waals surface area contributed by atoms with E-state index >= 15 is 0 Å². The standard InChI is InChI=1S/C20H22N4/c1-15-14-17(7-9-18-6-4-5-12-21-18)8-10-19(15)23-16(2)20-11-13-22-24(20)3/h6,8,10-12,14,22-23H,2,4-5,13H2,1,3H3. The van der Waals surface area contributed by atoms with Crippen LogP contribution < -0.4 is 10.7 Å². The Bertz CT molecular complexity index is 803. The average molecular weight is 318 g/mol. The monoisotopic (exact) mass is 318 g/mol. The third kappa shape index (κ3) is 3.76. The molecule has 122 valence electrons. The molecular weight excluding hydrogens is 296 g/mol. The summed E-state index contributed by atoms with van der Waals surface area (Å²) in [4.78, 5) is 4.30.